The van der Waals surface area contributed by atoms with Gasteiger partial charge in [0.2, 0.25) is 25.4 Å². The van der Waals surface area contributed by atoms with Crippen molar-refractivity contribution in [1.82, 2.24) is 25.1 Å². The van der Waals surface area contributed by atoms with Gasteiger partial charge in [-0.1, -0.05) is 48.5 Å². The molecule has 278 valence electrons. The van der Waals surface area contributed by atoms with E-state index in [-0.39, 0.29) is 50.0 Å². The second-order valence-electron chi connectivity index (χ2n) is 14.3. The lowest BCUT2D eigenvalue weighted by atomic mass is 9.86. The summed E-state index contributed by atoms with van der Waals surface area (Å²) in [5, 5.41) is 5.67. The molecule has 0 aliphatic carbocycles. The number of benzene rings is 4. The summed E-state index contributed by atoms with van der Waals surface area (Å²) in [6.45, 7) is 0.515. The van der Waals surface area contributed by atoms with Gasteiger partial charge in [-0.3, -0.25) is 19.7 Å². The van der Waals surface area contributed by atoms with E-state index in [0.29, 0.717) is 24.3 Å². The Hall–Kier alpha value is -6.47. The van der Waals surface area contributed by atoms with Gasteiger partial charge in [0.15, 0.2) is 23.0 Å². The Kier molecular flexibility index (Phi) is 7.73. The number of likely N-dealkylation sites (N-methyl/N-ethyl adjacent to an activating group) is 1. The molecule has 2 aromatic heterocycles. The molecule has 13 nitrogen and oxygen atoms in total. The SMILES string of the molecule is CN1CC(=O)N2[C@H](c3ccc4c(c3)OCO4)c3[nH]c4ccccc4c3C[C@@H]2C1=O.COC(=O)[C@H]1Cc2c([nH]c3ccccc23)[C@@H](c2ccc3c(c2)OCO3)N1. The van der Waals surface area contributed by atoms with Crippen LogP contribution in [0.5, 0.6) is 23.0 Å². The maximum atomic E-state index is 13.1. The number of carbonyl (C=O) groups is 3. The predicted octanol–water partition coefficient (Wildman–Crippen LogP) is 4.88. The zero-order chi connectivity index (χ0) is 37.4. The highest BCUT2D eigenvalue weighted by atomic mass is 16.7. The molecule has 13 heteroatoms. The Balaban J connectivity index is 0.000000136. The number of hydrogen-bond acceptors (Lipinski definition) is 9. The average Bonchev–Trinajstić information content (AvgIpc) is 4.03. The van der Waals surface area contributed by atoms with E-state index in [1.807, 2.05) is 66.7 Å². The van der Waals surface area contributed by atoms with Crippen LogP contribution in [0.4, 0.5) is 0 Å². The third-order valence-electron chi connectivity index (χ3n) is 11.3. The van der Waals surface area contributed by atoms with Gasteiger partial charge in [0.1, 0.15) is 12.1 Å². The zero-order valence-corrected chi connectivity index (χ0v) is 30.1. The van der Waals surface area contributed by atoms with Crippen molar-refractivity contribution in [1.29, 1.82) is 0 Å². The minimum Gasteiger partial charge on any atom is -0.468 e. The molecule has 3 N–H and O–H groups in total. The van der Waals surface area contributed by atoms with E-state index in [9.17, 15) is 14.4 Å². The number of hydrogen-bond donors (Lipinski definition) is 3. The summed E-state index contributed by atoms with van der Waals surface area (Å²) in [7, 11) is 3.11. The molecule has 4 atom stereocenters. The van der Waals surface area contributed by atoms with E-state index >= 15 is 0 Å². The van der Waals surface area contributed by atoms with E-state index < -0.39 is 12.1 Å². The monoisotopic (exact) mass is 739 g/mol. The van der Waals surface area contributed by atoms with Crippen LogP contribution in [0, 0.1) is 0 Å². The number of carbonyl (C=O) groups excluding carboxylic acids is 3. The van der Waals surface area contributed by atoms with Gasteiger partial charge in [0.05, 0.1) is 25.7 Å². The number of methoxy groups -OCH3 is 1. The minimum atomic E-state index is -0.511. The van der Waals surface area contributed by atoms with E-state index in [1.165, 1.54) is 12.0 Å². The van der Waals surface area contributed by atoms with E-state index in [0.717, 1.165) is 66.9 Å². The fourth-order valence-electron chi connectivity index (χ4n) is 8.72. The largest absolute Gasteiger partial charge is 0.468 e. The fourth-order valence-corrected chi connectivity index (χ4v) is 8.72. The molecule has 1 saturated heterocycles. The minimum absolute atomic E-state index is 0.0220. The Bertz CT molecular complexity index is 2540. The average molecular weight is 740 g/mol. The predicted molar refractivity (Wildman–Crippen MR) is 200 cm³/mol. The molecule has 5 aliphatic heterocycles. The number of fused-ring (bicyclic) bond motifs is 9. The Labute approximate surface area is 315 Å². The van der Waals surface area contributed by atoms with E-state index in [2.05, 4.69) is 33.5 Å². The standard InChI is InChI=1S/C22H19N3O4.C20H18N2O4/c1-24-10-19(26)25-16(22(24)27)9-14-13-4-2-3-5-15(13)23-20(14)21(25)12-6-7-17-18(8-12)29-11-28-17;1-24-20(23)15-9-13-12-4-2-3-5-14(12)21-19(13)18(22-15)11-6-7-16-17(8-11)26-10-25-16/h2-8,16,21,23H,9-11H2,1H3;2-8,15,18,21-22H,9-10H2,1H3/t16-,21-;15-,18-/m11/s1. The summed E-state index contributed by atoms with van der Waals surface area (Å²) < 4.78 is 26.9. The normalized spacial score (nSPS) is 21.9. The first-order valence-corrected chi connectivity index (χ1v) is 18.2. The highest BCUT2D eigenvalue weighted by Crippen LogP contribution is 2.45. The lowest BCUT2D eigenvalue weighted by Crippen LogP contribution is -2.62. The molecule has 0 unspecified atom stereocenters. The molecule has 0 spiro atoms. The molecule has 0 bridgehead atoms. The van der Waals surface area contributed by atoms with Crippen LogP contribution in [0.2, 0.25) is 0 Å². The molecule has 0 saturated carbocycles. The summed E-state index contributed by atoms with van der Waals surface area (Å²) in [4.78, 5) is 48.7. The summed E-state index contributed by atoms with van der Waals surface area (Å²) in [6.07, 6.45) is 1.10. The second kappa shape index (κ2) is 12.8. The number of rotatable bonds is 3. The molecule has 4 aromatic carbocycles. The quantitative estimate of drug-likeness (QED) is 0.216. The third kappa shape index (κ3) is 5.36. The Morgan fingerprint density at radius 2 is 1.31 bits per heavy atom. The first kappa shape index (κ1) is 33.1. The number of para-hydroxylation sites is 2. The number of ether oxygens (including phenoxy) is 5. The Morgan fingerprint density at radius 3 is 1.98 bits per heavy atom. The van der Waals surface area contributed by atoms with Crippen LogP contribution in [-0.4, -0.2) is 83.9 Å². The van der Waals surface area contributed by atoms with Gasteiger partial charge in [-0.25, -0.2) is 0 Å². The lowest BCUT2D eigenvalue weighted by molar-refractivity contribution is -0.157. The lowest BCUT2D eigenvalue weighted by Gasteiger charge is -2.46. The maximum absolute atomic E-state index is 13.1. The molecule has 5 aliphatic rings. The van der Waals surface area contributed by atoms with E-state index in [4.69, 9.17) is 23.7 Å². The van der Waals surface area contributed by atoms with Crippen LogP contribution in [0.25, 0.3) is 21.8 Å². The number of nitrogens with one attached hydrogen (secondary N) is 3. The van der Waals surface area contributed by atoms with Crippen molar-refractivity contribution in [3.8, 4) is 23.0 Å². The highest BCUT2D eigenvalue weighted by molar-refractivity contribution is 5.97. The summed E-state index contributed by atoms with van der Waals surface area (Å²) >= 11 is 0. The summed E-state index contributed by atoms with van der Waals surface area (Å²) in [6, 6.07) is 26.4. The van der Waals surface area contributed by atoms with Gasteiger partial charge in [-0.2, -0.15) is 0 Å². The van der Waals surface area contributed by atoms with Gasteiger partial charge < -0.3 is 43.5 Å². The maximum Gasteiger partial charge on any atom is 0.323 e. The van der Waals surface area contributed by atoms with Gasteiger partial charge in [-0.05, 0) is 58.7 Å². The molecule has 1 fully saturated rings. The van der Waals surface area contributed by atoms with Crippen molar-refractivity contribution in [2.24, 2.45) is 0 Å². The molecule has 7 heterocycles. The first-order valence-electron chi connectivity index (χ1n) is 18.2. The van der Waals surface area contributed by atoms with Gasteiger partial charge in [-0.15, -0.1) is 0 Å². The first-order chi connectivity index (χ1) is 26.9. The Morgan fingerprint density at radius 1 is 0.727 bits per heavy atom. The third-order valence-corrected chi connectivity index (χ3v) is 11.3. The van der Waals surface area contributed by atoms with Crippen LogP contribution >= 0.6 is 0 Å². The highest BCUT2D eigenvalue weighted by Gasteiger charge is 2.47. The van der Waals surface area contributed by atoms with Crippen LogP contribution in [0.15, 0.2) is 84.9 Å². The van der Waals surface area contributed by atoms with Gasteiger partial charge in [0.25, 0.3) is 0 Å². The fraction of sp³-hybridized carbons (Fsp3) is 0.262. The molecule has 55 heavy (non-hydrogen) atoms. The van der Waals surface area contributed by atoms with Crippen LogP contribution in [0.3, 0.4) is 0 Å². The van der Waals surface area contributed by atoms with Crippen molar-refractivity contribution >= 4 is 39.6 Å². The number of aromatic amines is 2. The summed E-state index contributed by atoms with van der Waals surface area (Å²) in [5.41, 5.74) is 8.27. The van der Waals surface area contributed by atoms with Gasteiger partial charge >= 0.3 is 5.97 Å². The number of nitrogens with zero attached hydrogens (tertiary/aromatic N) is 2. The van der Waals surface area contributed by atoms with Crippen molar-refractivity contribution in [2.75, 3.05) is 34.3 Å². The molecule has 2 amide bonds. The van der Waals surface area contributed by atoms with Crippen molar-refractivity contribution in [3.05, 3.63) is 119 Å². The van der Waals surface area contributed by atoms with Crippen molar-refractivity contribution < 1.29 is 38.1 Å². The molecule has 6 aromatic rings. The van der Waals surface area contributed by atoms with Gasteiger partial charge in [0, 0.05) is 53.1 Å². The number of piperazine rings is 1. The summed E-state index contributed by atoms with van der Waals surface area (Å²) in [5.74, 6) is 2.49. The molecular formula is C42H37N5O8. The van der Waals surface area contributed by atoms with Crippen molar-refractivity contribution in [2.45, 2.75) is 37.0 Å². The van der Waals surface area contributed by atoms with E-state index in [1.54, 1.807) is 11.9 Å². The van der Waals surface area contributed by atoms with Crippen molar-refractivity contribution in [3.63, 3.8) is 0 Å². The second-order valence-corrected chi connectivity index (χ2v) is 14.3. The number of amides is 2. The smallest absolute Gasteiger partial charge is 0.323 e. The van der Waals surface area contributed by atoms with Crippen LogP contribution in [0.1, 0.15) is 45.7 Å². The number of H-pyrrole nitrogens is 2. The molecule has 11 rings (SSSR count). The number of esters is 1. The number of aromatic nitrogens is 2. The van der Waals surface area contributed by atoms with Crippen LogP contribution in [-0.2, 0) is 32.0 Å². The molecule has 0 radical (unpaired) electrons. The molecular weight excluding hydrogens is 702 g/mol. The topological polar surface area (TPSA) is 147 Å². The van der Waals surface area contributed by atoms with Crippen LogP contribution < -0.4 is 24.3 Å². The zero-order valence-electron chi connectivity index (χ0n) is 30.1.